The topological polar surface area (TPSA) is 25.5 Å². The number of hydrogen-bond donors (Lipinski definition) is 0. The standard InChI is InChI=1S/C14H15NO/c1-11-8-9-14(16-11)10-15-12(2)13-6-4-3-5-7-13/h3-10,12H,1-2H3/t12-/m1/s1. The van der Waals surface area contributed by atoms with Gasteiger partial charge < -0.3 is 4.42 Å². The van der Waals surface area contributed by atoms with Gasteiger partial charge in [-0.15, -0.1) is 0 Å². The summed E-state index contributed by atoms with van der Waals surface area (Å²) in [6.45, 7) is 4.00. The van der Waals surface area contributed by atoms with Crippen molar-refractivity contribution in [3.63, 3.8) is 0 Å². The van der Waals surface area contributed by atoms with E-state index in [4.69, 9.17) is 4.42 Å². The van der Waals surface area contributed by atoms with E-state index in [0.29, 0.717) is 0 Å². The Morgan fingerprint density at radius 1 is 1.12 bits per heavy atom. The van der Waals surface area contributed by atoms with Gasteiger partial charge in [0.2, 0.25) is 0 Å². The van der Waals surface area contributed by atoms with Crippen LogP contribution in [0.4, 0.5) is 0 Å². The number of aryl methyl sites for hydroxylation is 1. The number of rotatable bonds is 3. The van der Waals surface area contributed by atoms with Crippen LogP contribution in [0.5, 0.6) is 0 Å². The van der Waals surface area contributed by atoms with Crippen LogP contribution in [-0.4, -0.2) is 6.21 Å². The molecule has 82 valence electrons. The van der Waals surface area contributed by atoms with Crippen LogP contribution in [-0.2, 0) is 0 Å². The molecular formula is C14H15NO. The second-order valence-corrected chi connectivity index (χ2v) is 3.81. The Hall–Kier alpha value is -1.83. The quantitative estimate of drug-likeness (QED) is 0.712. The van der Waals surface area contributed by atoms with Crippen LogP contribution in [0.2, 0.25) is 0 Å². The SMILES string of the molecule is Cc1ccc(C=N[C@H](C)c2ccccc2)o1. The van der Waals surface area contributed by atoms with E-state index in [1.807, 2.05) is 37.3 Å². The Morgan fingerprint density at radius 3 is 2.50 bits per heavy atom. The largest absolute Gasteiger partial charge is 0.460 e. The molecule has 1 aromatic carbocycles. The van der Waals surface area contributed by atoms with Crippen LogP contribution in [0, 0.1) is 6.92 Å². The van der Waals surface area contributed by atoms with E-state index in [0.717, 1.165) is 11.5 Å². The third kappa shape index (κ3) is 2.60. The lowest BCUT2D eigenvalue weighted by atomic mass is 10.1. The minimum absolute atomic E-state index is 0.159. The molecule has 0 spiro atoms. The summed E-state index contributed by atoms with van der Waals surface area (Å²) in [5, 5.41) is 0. The smallest absolute Gasteiger partial charge is 0.144 e. The summed E-state index contributed by atoms with van der Waals surface area (Å²) in [7, 11) is 0. The van der Waals surface area contributed by atoms with Gasteiger partial charge in [-0.1, -0.05) is 30.3 Å². The fraction of sp³-hybridized carbons (Fsp3) is 0.214. The van der Waals surface area contributed by atoms with E-state index in [1.165, 1.54) is 5.56 Å². The van der Waals surface area contributed by atoms with E-state index >= 15 is 0 Å². The normalized spacial score (nSPS) is 13.1. The predicted molar refractivity (Wildman–Crippen MR) is 65.9 cm³/mol. The van der Waals surface area contributed by atoms with Gasteiger partial charge in [0.05, 0.1) is 12.3 Å². The van der Waals surface area contributed by atoms with Crippen LogP contribution in [0.1, 0.15) is 30.0 Å². The zero-order valence-electron chi connectivity index (χ0n) is 9.55. The van der Waals surface area contributed by atoms with Gasteiger partial charge in [0.1, 0.15) is 11.5 Å². The van der Waals surface area contributed by atoms with Crippen molar-refractivity contribution in [1.82, 2.24) is 0 Å². The maximum atomic E-state index is 5.42. The summed E-state index contributed by atoms with van der Waals surface area (Å²) in [5.74, 6) is 1.72. The highest BCUT2D eigenvalue weighted by atomic mass is 16.3. The van der Waals surface area contributed by atoms with Gasteiger partial charge in [-0.05, 0) is 31.5 Å². The molecule has 2 aromatic rings. The zero-order chi connectivity index (χ0) is 11.4. The molecule has 2 heteroatoms. The van der Waals surface area contributed by atoms with Crippen LogP contribution >= 0.6 is 0 Å². The third-order valence-corrected chi connectivity index (χ3v) is 2.47. The number of hydrogen-bond acceptors (Lipinski definition) is 2. The van der Waals surface area contributed by atoms with E-state index in [2.05, 4.69) is 24.0 Å². The van der Waals surface area contributed by atoms with E-state index in [-0.39, 0.29) is 6.04 Å². The molecule has 0 N–H and O–H groups in total. The van der Waals surface area contributed by atoms with Crippen LogP contribution in [0.3, 0.4) is 0 Å². The van der Waals surface area contributed by atoms with Crippen molar-refractivity contribution in [3.05, 3.63) is 59.5 Å². The predicted octanol–water partition coefficient (Wildman–Crippen LogP) is 3.77. The Labute approximate surface area is 95.6 Å². The summed E-state index contributed by atoms with van der Waals surface area (Å²) in [4.78, 5) is 4.46. The minimum Gasteiger partial charge on any atom is -0.460 e. The Kier molecular flexibility index (Phi) is 3.20. The minimum atomic E-state index is 0.159. The van der Waals surface area contributed by atoms with Gasteiger partial charge in [0.25, 0.3) is 0 Å². The molecule has 1 heterocycles. The first kappa shape index (κ1) is 10.7. The molecule has 0 amide bonds. The maximum Gasteiger partial charge on any atom is 0.144 e. The van der Waals surface area contributed by atoms with Crippen molar-refractivity contribution in [2.24, 2.45) is 4.99 Å². The Morgan fingerprint density at radius 2 is 1.88 bits per heavy atom. The first-order valence-corrected chi connectivity index (χ1v) is 5.40. The average molecular weight is 213 g/mol. The third-order valence-electron chi connectivity index (χ3n) is 2.47. The Balaban J connectivity index is 2.08. The second-order valence-electron chi connectivity index (χ2n) is 3.81. The molecular weight excluding hydrogens is 198 g/mol. The van der Waals surface area contributed by atoms with Gasteiger partial charge in [0.15, 0.2) is 0 Å². The van der Waals surface area contributed by atoms with Crippen molar-refractivity contribution in [2.45, 2.75) is 19.9 Å². The van der Waals surface area contributed by atoms with Gasteiger partial charge in [-0.25, -0.2) is 0 Å². The number of furan rings is 1. The number of aliphatic imine (C=N–C) groups is 1. The molecule has 1 atom stereocenters. The molecule has 1 aromatic heterocycles. The lowest BCUT2D eigenvalue weighted by molar-refractivity contribution is 0.527. The number of nitrogens with zero attached hydrogens (tertiary/aromatic N) is 1. The molecule has 0 saturated heterocycles. The summed E-state index contributed by atoms with van der Waals surface area (Å²) in [6.07, 6.45) is 1.78. The van der Waals surface area contributed by atoms with Crippen molar-refractivity contribution < 1.29 is 4.42 Å². The molecule has 0 radical (unpaired) electrons. The number of benzene rings is 1. The van der Waals surface area contributed by atoms with Gasteiger partial charge >= 0.3 is 0 Å². The highest BCUT2D eigenvalue weighted by molar-refractivity contribution is 5.76. The molecule has 0 saturated carbocycles. The van der Waals surface area contributed by atoms with Gasteiger partial charge in [-0.3, -0.25) is 4.99 Å². The molecule has 2 rings (SSSR count). The highest BCUT2D eigenvalue weighted by Gasteiger charge is 2.01. The van der Waals surface area contributed by atoms with Gasteiger partial charge in [-0.2, -0.15) is 0 Å². The van der Waals surface area contributed by atoms with E-state index < -0.39 is 0 Å². The van der Waals surface area contributed by atoms with Crippen molar-refractivity contribution in [1.29, 1.82) is 0 Å². The first-order valence-electron chi connectivity index (χ1n) is 5.40. The second kappa shape index (κ2) is 4.79. The molecule has 0 aliphatic carbocycles. The van der Waals surface area contributed by atoms with Crippen molar-refractivity contribution >= 4 is 6.21 Å². The molecule has 0 bridgehead atoms. The monoisotopic (exact) mass is 213 g/mol. The summed E-state index contributed by atoms with van der Waals surface area (Å²) in [5.41, 5.74) is 1.21. The van der Waals surface area contributed by atoms with Crippen molar-refractivity contribution in [2.75, 3.05) is 0 Å². The van der Waals surface area contributed by atoms with Crippen molar-refractivity contribution in [3.8, 4) is 0 Å². The van der Waals surface area contributed by atoms with Gasteiger partial charge in [0, 0.05) is 0 Å². The lowest BCUT2D eigenvalue weighted by Gasteiger charge is -2.04. The van der Waals surface area contributed by atoms with E-state index in [1.54, 1.807) is 6.21 Å². The van der Waals surface area contributed by atoms with Crippen LogP contribution < -0.4 is 0 Å². The molecule has 0 fully saturated rings. The fourth-order valence-electron chi connectivity index (χ4n) is 1.53. The Bertz CT molecular complexity index is 470. The first-order chi connectivity index (χ1) is 7.75. The maximum absolute atomic E-state index is 5.42. The summed E-state index contributed by atoms with van der Waals surface area (Å²) in [6, 6.07) is 14.2. The summed E-state index contributed by atoms with van der Waals surface area (Å²) < 4.78 is 5.42. The van der Waals surface area contributed by atoms with Crippen LogP contribution in [0.15, 0.2) is 51.9 Å². The molecule has 0 aliphatic rings. The average Bonchev–Trinajstić information content (AvgIpc) is 2.73. The lowest BCUT2D eigenvalue weighted by Crippen LogP contribution is -1.89. The summed E-state index contributed by atoms with van der Waals surface area (Å²) >= 11 is 0. The zero-order valence-corrected chi connectivity index (χ0v) is 9.55. The molecule has 2 nitrogen and oxygen atoms in total. The van der Waals surface area contributed by atoms with Crippen LogP contribution in [0.25, 0.3) is 0 Å². The highest BCUT2D eigenvalue weighted by Crippen LogP contribution is 2.15. The molecule has 16 heavy (non-hydrogen) atoms. The molecule has 0 unspecified atom stereocenters. The molecule has 0 aliphatic heterocycles. The fourth-order valence-corrected chi connectivity index (χ4v) is 1.53. The van der Waals surface area contributed by atoms with E-state index in [9.17, 15) is 0 Å².